The molecule has 0 fully saturated rings. The molecule has 110 valence electrons. The lowest BCUT2D eigenvalue weighted by molar-refractivity contribution is -0.150. The highest BCUT2D eigenvalue weighted by molar-refractivity contribution is 5.87. The number of amides is 1. The molecule has 0 saturated carbocycles. The van der Waals surface area contributed by atoms with Crippen LogP contribution in [0.3, 0.4) is 0 Å². The molecule has 0 bridgehead atoms. The number of benzene rings is 1. The van der Waals surface area contributed by atoms with E-state index in [0.29, 0.717) is 12.8 Å². The van der Waals surface area contributed by atoms with Gasteiger partial charge in [-0.3, -0.25) is 4.79 Å². The minimum Gasteiger partial charge on any atom is -0.497 e. The van der Waals surface area contributed by atoms with Gasteiger partial charge in [-0.15, -0.1) is 0 Å². The number of methoxy groups -OCH3 is 2. The molecule has 0 saturated heterocycles. The smallest absolute Gasteiger partial charge is 0.331 e. The fraction of sp³-hybridized carbons (Fsp3) is 0.467. The van der Waals surface area contributed by atoms with Gasteiger partial charge in [0, 0.05) is 12.8 Å². The van der Waals surface area contributed by atoms with Gasteiger partial charge in [-0.05, 0) is 24.6 Å². The molecular formula is C15H21NO4. The van der Waals surface area contributed by atoms with Gasteiger partial charge in [0.15, 0.2) is 0 Å². The molecule has 1 N–H and O–H groups in total. The van der Waals surface area contributed by atoms with Crippen molar-refractivity contribution in [2.75, 3.05) is 14.2 Å². The zero-order chi connectivity index (χ0) is 15.2. The Kier molecular flexibility index (Phi) is 5.55. The predicted molar refractivity (Wildman–Crippen MR) is 75.6 cm³/mol. The van der Waals surface area contributed by atoms with Crippen molar-refractivity contribution in [3.63, 3.8) is 0 Å². The van der Waals surface area contributed by atoms with Gasteiger partial charge in [0.05, 0.1) is 14.2 Å². The Morgan fingerprint density at radius 1 is 1.20 bits per heavy atom. The first-order chi connectivity index (χ1) is 9.45. The van der Waals surface area contributed by atoms with Crippen LogP contribution < -0.4 is 10.1 Å². The van der Waals surface area contributed by atoms with Crippen LogP contribution in [-0.2, 0) is 20.7 Å². The highest BCUT2D eigenvalue weighted by atomic mass is 16.5. The third kappa shape index (κ3) is 3.98. The van der Waals surface area contributed by atoms with Crippen LogP contribution >= 0.6 is 0 Å². The largest absolute Gasteiger partial charge is 0.497 e. The summed E-state index contributed by atoms with van der Waals surface area (Å²) in [5.74, 6) is 0.0904. The first kappa shape index (κ1) is 16.0. The maximum absolute atomic E-state index is 12.0. The second kappa shape index (κ2) is 6.93. The van der Waals surface area contributed by atoms with Gasteiger partial charge in [0.25, 0.3) is 0 Å². The van der Waals surface area contributed by atoms with E-state index in [1.807, 2.05) is 24.3 Å². The van der Waals surface area contributed by atoms with Gasteiger partial charge < -0.3 is 14.8 Å². The summed E-state index contributed by atoms with van der Waals surface area (Å²) in [6.07, 6.45) is 0.671. The normalized spacial score (nSPS) is 13.2. The molecule has 1 aromatic carbocycles. The summed E-state index contributed by atoms with van der Waals surface area (Å²) in [4.78, 5) is 23.6. The molecule has 1 aromatic rings. The average molecular weight is 279 g/mol. The van der Waals surface area contributed by atoms with E-state index in [2.05, 4.69) is 5.32 Å². The quantitative estimate of drug-likeness (QED) is 0.805. The summed E-state index contributed by atoms with van der Waals surface area (Å²) < 4.78 is 9.89. The molecule has 5 heteroatoms. The number of ether oxygens (including phenoxy) is 2. The molecule has 1 amide bonds. The van der Waals surface area contributed by atoms with Crippen molar-refractivity contribution < 1.29 is 19.1 Å². The van der Waals surface area contributed by atoms with Gasteiger partial charge in [-0.25, -0.2) is 4.79 Å². The summed E-state index contributed by atoms with van der Waals surface area (Å²) in [5.41, 5.74) is -0.161. The van der Waals surface area contributed by atoms with Crippen molar-refractivity contribution in [3.05, 3.63) is 29.8 Å². The number of esters is 1. The van der Waals surface area contributed by atoms with E-state index in [-0.39, 0.29) is 5.91 Å². The van der Waals surface area contributed by atoms with E-state index in [0.717, 1.165) is 11.3 Å². The number of carbonyl (C=O) groups excluding carboxylic acids is 2. The summed E-state index contributed by atoms with van der Waals surface area (Å²) in [7, 11) is 2.90. The molecule has 0 heterocycles. The Balaban J connectivity index is 2.93. The number of hydrogen-bond acceptors (Lipinski definition) is 4. The minimum atomic E-state index is -1.07. The second-order valence-corrected chi connectivity index (χ2v) is 4.75. The fourth-order valence-corrected chi connectivity index (χ4v) is 1.94. The standard InChI is InChI=1S/C15H21NO4/c1-5-13(17)16-15(2,14(18)20-4)10-11-6-8-12(19-3)9-7-11/h6-9H,5,10H2,1-4H3,(H,16,17)/t15-/m1/s1. The van der Waals surface area contributed by atoms with Gasteiger partial charge >= 0.3 is 5.97 Å². The number of carbonyl (C=O) groups is 2. The summed E-state index contributed by atoms with van der Waals surface area (Å²) in [6, 6.07) is 7.35. The minimum absolute atomic E-state index is 0.189. The van der Waals surface area contributed by atoms with Crippen LogP contribution in [0.25, 0.3) is 0 Å². The molecule has 20 heavy (non-hydrogen) atoms. The molecule has 0 aliphatic heterocycles. The molecule has 0 aromatic heterocycles. The molecule has 0 spiro atoms. The Bertz CT molecular complexity index is 469. The van der Waals surface area contributed by atoms with Crippen LogP contribution in [0.5, 0.6) is 5.75 Å². The summed E-state index contributed by atoms with van der Waals surface area (Å²) in [6.45, 7) is 3.40. The van der Waals surface area contributed by atoms with Gasteiger partial charge in [-0.1, -0.05) is 19.1 Å². The van der Waals surface area contributed by atoms with Crippen molar-refractivity contribution in [1.82, 2.24) is 5.32 Å². The maximum Gasteiger partial charge on any atom is 0.331 e. The topological polar surface area (TPSA) is 64.6 Å². The van der Waals surface area contributed by atoms with E-state index in [1.54, 1.807) is 21.0 Å². The van der Waals surface area contributed by atoms with E-state index in [4.69, 9.17) is 9.47 Å². The van der Waals surface area contributed by atoms with E-state index < -0.39 is 11.5 Å². The third-order valence-electron chi connectivity index (χ3n) is 3.09. The van der Waals surface area contributed by atoms with Crippen molar-refractivity contribution in [1.29, 1.82) is 0 Å². The Morgan fingerprint density at radius 3 is 2.25 bits per heavy atom. The van der Waals surface area contributed by atoms with E-state index in [9.17, 15) is 9.59 Å². The SMILES string of the molecule is CCC(=O)N[C@](C)(Cc1ccc(OC)cc1)C(=O)OC. The summed E-state index contributed by atoms with van der Waals surface area (Å²) >= 11 is 0. The third-order valence-corrected chi connectivity index (χ3v) is 3.09. The lowest BCUT2D eigenvalue weighted by Gasteiger charge is -2.28. The first-order valence-electron chi connectivity index (χ1n) is 6.47. The van der Waals surface area contributed by atoms with Crippen molar-refractivity contribution in [3.8, 4) is 5.75 Å². The van der Waals surface area contributed by atoms with Crippen LogP contribution in [0.2, 0.25) is 0 Å². The molecular weight excluding hydrogens is 258 g/mol. The monoisotopic (exact) mass is 279 g/mol. The van der Waals surface area contributed by atoms with E-state index in [1.165, 1.54) is 7.11 Å². The number of nitrogens with one attached hydrogen (secondary N) is 1. The van der Waals surface area contributed by atoms with Crippen LogP contribution in [0.4, 0.5) is 0 Å². The summed E-state index contributed by atoms with van der Waals surface area (Å²) in [5, 5.41) is 2.73. The zero-order valence-corrected chi connectivity index (χ0v) is 12.4. The number of hydrogen-bond donors (Lipinski definition) is 1. The van der Waals surface area contributed by atoms with Crippen LogP contribution in [-0.4, -0.2) is 31.6 Å². The predicted octanol–water partition coefficient (Wildman–Crippen LogP) is 1.70. The Hall–Kier alpha value is -2.04. The van der Waals surface area contributed by atoms with Crippen molar-refractivity contribution in [2.45, 2.75) is 32.2 Å². The molecule has 0 radical (unpaired) electrons. The van der Waals surface area contributed by atoms with Crippen LogP contribution in [0, 0.1) is 0 Å². The number of rotatable bonds is 6. The first-order valence-corrected chi connectivity index (χ1v) is 6.47. The molecule has 0 unspecified atom stereocenters. The lowest BCUT2D eigenvalue weighted by atomic mass is 9.92. The van der Waals surface area contributed by atoms with E-state index >= 15 is 0 Å². The van der Waals surface area contributed by atoms with Crippen LogP contribution in [0.15, 0.2) is 24.3 Å². The molecule has 5 nitrogen and oxygen atoms in total. The zero-order valence-electron chi connectivity index (χ0n) is 12.4. The maximum atomic E-state index is 12.0. The lowest BCUT2D eigenvalue weighted by Crippen LogP contribution is -2.54. The molecule has 0 aliphatic carbocycles. The van der Waals surface area contributed by atoms with Gasteiger partial charge in [0.2, 0.25) is 5.91 Å². The molecule has 0 aliphatic rings. The molecule has 1 atom stereocenters. The van der Waals surface area contributed by atoms with Crippen molar-refractivity contribution >= 4 is 11.9 Å². The van der Waals surface area contributed by atoms with Gasteiger partial charge in [-0.2, -0.15) is 0 Å². The van der Waals surface area contributed by atoms with Crippen molar-refractivity contribution in [2.24, 2.45) is 0 Å². The average Bonchev–Trinajstić information content (AvgIpc) is 2.46. The fourth-order valence-electron chi connectivity index (χ4n) is 1.94. The van der Waals surface area contributed by atoms with Gasteiger partial charge in [0.1, 0.15) is 11.3 Å². The van der Waals surface area contributed by atoms with Crippen LogP contribution in [0.1, 0.15) is 25.8 Å². The second-order valence-electron chi connectivity index (χ2n) is 4.75. The molecule has 1 rings (SSSR count). The Labute approximate surface area is 119 Å². The Morgan fingerprint density at radius 2 is 1.80 bits per heavy atom. The highest BCUT2D eigenvalue weighted by Crippen LogP contribution is 2.18. The highest BCUT2D eigenvalue weighted by Gasteiger charge is 2.35.